The minimum atomic E-state index is -0.0982. The molecule has 0 fully saturated rings. The van der Waals surface area contributed by atoms with Crippen LogP contribution in [-0.2, 0) is 16.0 Å². The number of carbonyl (C=O) groups is 2. The third kappa shape index (κ3) is 5.70. The number of nitrogens with one attached hydrogen (secondary N) is 1. The van der Waals surface area contributed by atoms with Gasteiger partial charge in [0.05, 0.1) is 0 Å². The van der Waals surface area contributed by atoms with Crippen LogP contribution < -0.4 is 5.32 Å². The van der Waals surface area contributed by atoms with Crippen LogP contribution >= 0.6 is 0 Å². The number of phenols is 1. The molecule has 0 aromatic heterocycles. The molecule has 0 atom stereocenters. The number of aromatic hydroxyl groups is 1. The molecule has 1 aromatic carbocycles. The van der Waals surface area contributed by atoms with Crippen molar-refractivity contribution >= 4 is 11.7 Å². The van der Waals surface area contributed by atoms with E-state index in [1.54, 1.807) is 12.1 Å². The second kappa shape index (κ2) is 6.68. The lowest BCUT2D eigenvalue weighted by Gasteiger charge is -2.04. The maximum atomic E-state index is 11.3. The van der Waals surface area contributed by atoms with Gasteiger partial charge >= 0.3 is 0 Å². The van der Waals surface area contributed by atoms with Crippen molar-refractivity contribution in [1.29, 1.82) is 0 Å². The second-order valence-electron chi connectivity index (χ2n) is 3.97. The number of benzene rings is 1. The van der Waals surface area contributed by atoms with Crippen molar-refractivity contribution < 1.29 is 14.7 Å². The van der Waals surface area contributed by atoms with Gasteiger partial charge in [0.25, 0.3) is 0 Å². The summed E-state index contributed by atoms with van der Waals surface area (Å²) in [5, 5.41) is 11.8. The van der Waals surface area contributed by atoms with E-state index in [0.717, 1.165) is 5.56 Å². The van der Waals surface area contributed by atoms with Crippen LogP contribution in [0.5, 0.6) is 5.75 Å². The maximum absolute atomic E-state index is 11.3. The molecule has 0 heterocycles. The topological polar surface area (TPSA) is 66.4 Å². The summed E-state index contributed by atoms with van der Waals surface area (Å²) in [5.41, 5.74) is 1.05. The third-order valence-corrected chi connectivity index (χ3v) is 2.38. The van der Waals surface area contributed by atoms with E-state index in [4.69, 9.17) is 5.11 Å². The Hall–Kier alpha value is -1.84. The molecule has 0 aliphatic carbocycles. The Bertz CT molecular complexity index is 384. The van der Waals surface area contributed by atoms with Crippen molar-refractivity contribution in [1.82, 2.24) is 5.32 Å². The number of amides is 1. The van der Waals surface area contributed by atoms with Gasteiger partial charge in [-0.3, -0.25) is 4.79 Å². The van der Waals surface area contributed by atoms with Gasteiger partial charge in [-0.15, -0.1) is 0 Å². The molecule has 0 saturated carbocycles. The van der Waals surface area contributed by atoms with E-state index in [9.17, 15) is 9.59 Å². The van der Waals surface area contributed by atoms with Crippen molar-refractivity contribution in [3.05, 3.63) is 29.8 Å². The van der Waals surface area contributed by atoms with E-state index in [1.165, 1.54) is 6.92 Å². The largest absolute Gasteiger partial charge is 0.508 e. The molecule has 0 spiro atoms. The molecule has 4 heteroatoms. The number of hydrogen-bond donors (Lipinski definition) is 2. The van der Waals surface area contributed by atoms with Crippen LogP contribution in [-0.4, -0.2) is 23.3 Å². The zero-order valence-corrected chi connectivity index (χ0v) is 9.90. The molecule has 17 heavy (non-hydrogen) atoms. The highest BCUT2D eigenvalue weighted by Gasteiger charge is 2.02. The summed E-state index contributed by atoms with van der Waals surface area (Å²) in [6.07, 6.45) is 1.27. The summed E-state index contributed by atoms with van der Waals surface area (Å²) < 4.78 is 0. The molecule has 2 N–H and O–H groups in total. The van der Waals surface area contributed by atoms with Gasteiger partial charge in [-0.2, -0.15) is 0 Å². The zero-order chi connectivity index (χ0) is 12.7. The predicted molar refractivity (Wildman–Crippen MR) is 64.7 cm³/mol. The minimum absolute atomic E-state index is 0.0266. The molecule has 0 aliphatic rings. The van der Waals surface area contributed by atoms with Crippen LogP contribution in [0.15, 0.2) is 24.3 Å². The molecule has 1 amide bonds. The number of phenolic OH excluding ortho intramolecular Hbond substituents is 1. The highest BCUT2D eigenvalue weighted by molar-refractivity contribution is 5.83. The van der Waals surface area contributed by atoms with Crippen LogP contribution in [0.4, 0.5) is 0 Å². The van der Waals surface area contributed by atoms with E-state index < -0.39 is 0 Å². The summed E-state index contributed by atoms with van der Waals surface area (Å²) >= 11 is 0. The Morgan fingerprint density at radius 3 is 2.41 bits per heavy atom. The Kier molecular flexibility index (Phi) is 5.20. The highest BCUT2D eigenvalue weighted by Crippen LogP contribution is 2.09. The summed E-state index contributed by atoms with van der Waals surface area (Å²) in [5.74, 6) is 0.164. The Balaban J connectivity index is 2.21. The first-order valence-electron chi connectivity index (χ1n) is 5.62. The highest BCUT2D eigenvalue weighted by atomic mass is 16.3. The van der Waals surface area contributed by atoms with Crippen LogP contribution in [0.3, 0.4) is 0 Å². The van der Waals surface area contributed by atoms with E-state index in [2.05, 4.69) is 5.32 Å². The van der Waals surface area contributed by atoms with Gasteiger partial charge in [0, 0.05) is 19.4 Å². The maximum Gasteiger partial charge on any atom is 0.220 e. The number of carbonyl (C=O) groups excluding carboxylic acids is 2. The van der Waals surface area contributed by atoms with Crippen LogP contribution in [0.1, 0.15) is 25.3 Å². The fourth-order valence-corrected chi connectivity index (χ4v) is 1.39. The quantitative estimate of drug-likeness (QED) is 0.783. The van der Waals surface area contributed by atoms with Gasteiger partial charge in [-0.05, 0) is 31.0 Å². The zero-order valence-electron chi connectivity index (χ0n) is 9.90. The molecular formula is C13H17NO3. The smallest absolute Gasteiger partial charge is 0.220 e. The normalized spacial score (nSPS) is 9.94. The summed E-state index contributed by atoms with van der Waals surface area (Å²) in [7, 11) is 0. The molecule has 4 nitrogen and oxygen atoms in total. The fraction of sp³-hybridized carbons (Fsp3) is 0.385. The molecule has 92 valence electrons. The van der Waals surface area contributed by atoms with E-state index in [1.807, 2.05) is 12.1 Å². The lowest BCUT2D eigenvalue weighted by atomic mass is 10.1. The van der Waals surface area contributed by atoms with Crippen LogP contribution in [0, 0.1) is 0 Å². The van der Waals surface area contributed by atoms with Crippen molar-refractivity contribution in [2.45, 2.75) is 26.2 Å². The summed E-state index contributed by atoms with van der Waals surface area (Å²) in [4.78, 5) is 22.0. The lowest BCUT2D eigenvalue weighted by Crippen LogP contribution is -2.25. The lowest BCUT2D eigenvalue weighted by molar-refractivity contribution is -0.124. The molecule has 0 saturated heterocycles. The van der Waals surface area contributed by atoms with Crippen molar-refractivity contribution in [3.63, 3.8) is 0 Å². The predicted octanol–water partition coefficient (Wildman–Crippen LogP) is 1.42. The standard InChI is InChI=1S/C13H17NO3/c1-10(15)2-7-13(17)14-9-8-11-3-5-12(16)6-4-11/h3-6,16H,2,7-9H2,1H3,(H,14,17). The average molecular weight is 235 g/mol. The van der Waals surface area contributed by atoms with Gasteiger partial charge in [0.1, 0.15) is 11.5 Å². The van der Waals surface area contributed by atoms with Gasteiger partial charge in [0.15, 0.2) is 0 Å². The van der Waals surface area contributed by atoms with Gasteiger partial charge < -0.3 is 15.2 Å². The van der Waals surface area contributed by atoms with Gasteiger partial charge in [0.2, 0.25) is 5.91 Å². The van der Waals surface area contributed by atoms with E-state index >= 15 is 0 Å². The fourth-order valence-electron chi connectivity index (χ4n) is 1.39. The SMILES string of the molecule is CC(=O)CCC(=O)NCCc1ccc(O)cc1. The van der Waals surface area contributed by atoms with Crippen LogP contribution in [0.2, 0.25) is 0 Å². The van der Waals surface area contributed by atoms with E-state index in [-0.39, 0.29) is 23.9 Å². The Morgan fingerprint density at radius 1 is 1.18 bits per heavy atom. The van der Waals surface area contributed by atoms with E-state index in [0.29, 0.717) is 19.4 Å². The second-order valence-corrected chi connectivity index (χ2v) is 3.97. The molecule has 1 aromatic rings. The number of hydrogen-bond acceptors (Lipinski definition) is 3. The number of Topliss-reactive ketones (excluding diaryl/α,β-unsaturated/α-hetero) is 1. The first-order valence-corrected chi connectivity index (χ1v) is 5.62. The molecule has 0 aliphatic heterocycles. The Labute approximate surface area is 101 Å². The summed E-state index contributed by atoms with van der Waals surface area (Å²) in [6.45, 7) is 2.02. The molecular weight excluding hydrogens is 218 g/mol. The van der Waals surface area contributed by atoms with Gasteiger partial charge in [-0.25, -0.2) is 0 Å². The molecule has 0 unspecified atom stereocenters. The minimum Gasteiger partial charge on any atom is -0.508 e. The summed E-state index contributed by atoms with van der Waals surface area (Å²) in [6, 6.07) is 6.87. The average Bonchev–Trinajstić information content (AvgIpc) is 2.29. The van der Waals surface area contributed by atoms with Gasteiger partial charge in [-0.1, -0.05) is 12.1 Å². The number of ketones is 1. The molecule has 1 rings (SSSR count). The first kappa shape index (κ1) is 13.2. The van der Waals surface area contributed by atoms with Crippen molar-refractivity contribution in [2.24, 2.45) is 0 Å². The van der Waals surface area contributed by atoms with Crippen molar-refractivity contribution in [3.8, 4) is 5.75 Å². The molecule has 0 radical (unpaired) electrons. The third-order valence-electron chi connectivity index (χ3n) is 2.38. The van der Waals surface area contributed by atoms with Crippen LogP contribution in [0.25, 0.3) is 0 Å². The monoisotopic (exact) mass is 235 g/mol. The Morgan fingerprint density at radius 2 is 1.82 bits per heavy atom. The van der Waals surface area contributed by atoms with Crippen molar-refractivity contribution in [2.75, 3.05) is 6.54 Å². The number of rotatable bonds is 6. The first-order chi connectivity index (χ1) is 8.08. The molecule has 0 bridgehead atoms.